The van der Waals surface area contributed by atoms with Gasteiger partial charge in [0.1, 0.15) is 11.4 Å². The highest BCUT2D eigenvalue weighted by atomic mass is 33.2. The first kappa shape index (κ1) is 9.53. The van der Waals surface area contributed by atoms with Gasteiger partial charge >= 0.3 is 5.10 Å². The molecule has 4 heteroatoms. The Morgan fingerprint density at radius 3 is 2.55 bits per heavy atom. The van der Waals surface area contributed by atoms with Gasteiger partial charge in [-0.05, 0) is 5.56 Å². The van der Waals surface area contributed by atoms with E-state index >= 15 is 0 Å². The minimum atomic E-state index is -0.530. The number of rotatable bonds is 3. The molecule has 0 aliphatic heterocycles. The Morgan fingerprint density at radius 1 is 1.36 bits per heavy atom. The van der Waals surface area contributed by atoms with E-state index in [0.29, 0.717) is 0 Å². The third-order valence-electron chi connectivity index (χ3n) is 1.18. The summed E-state index contributed by atoms with van der Waals surface area (Å²) in [4.78, 5) is 0. The molecule has 0 aliphatic carbocycles. The van der Waals surface area contributed by atoms with Crippen LogP contribution in [0.25, 0.3) is 0 Å². The predicted molar refractivity (Wildman–Crippen MR) is 61.0 cm³/mol. The van der Waals surface area contributed by atoms with E-state index in [1.54, 1.807) is 11.4 Å². The molecular formula is C7H8PS3+. The van der Waals surface area contributed by atoms with Crippen LogP contribution in [0.3, 0.4) is 0 Å². The fourth-order valence-corrected chi connectivity index (χ4v) is 2.93. The molecule has 1 atom stereocenters. The Bertz CT molecular complexity index is 235. The zero-order valence-electron chi connectivity index (χ0n) is 5.80. The summed E-state index contributed by atoms with van der Waals surface area (Å²) in [5.74, 6) is 0.986. The van der Waals surface area contributed by atoms with Gasteiger partial charge in [-0.15, -0.1) is 0 Å². The maximum atomic E-state index is 4.97. The molecule has 0 amide bonds. The normalized spacial score (nSPS) is 11.2. The fraction of sp³-hybridized carbons (Fsp3) is 0.143. The summed E-state index contributed by atoms with van der Waals surface area (Å²) < 4.78 is 0. The molecule has 0 aliphatic rings. The van der Waals surface area contributed by atoms with Crippen LogP contribution in [0.15, 0.2) is 30.3 Å². The van der Waals surface area contributed by atoms with E-state index in [4.69, 9.17) is 11.8 Å². The Morgan fingerprint density at radius 2 is 2.00 bits per heavy atom. The van der Waals surface area contributed by atoms with E-state index in [9.17, 15) is 0 Å². The van der Waals surface area contributed by atoms with E-state index in [-0.39, 0.29) is 0 Å². The second kappa shape index (κ2) is 5.15. The third-order valence-corrected chi connectivity index (χ3v) is 4.91. The van der Waals surface area contributed by atoms with E-state index in [1.807, 2.05) is 18.2 Å². The molecule has 0 saturated carbocycles. The molecular weight excluding hydrogens is 211 g/mol. The predicted octanol–water partition coefficient (Wildman–Crippen LogP) is 3.62. The average Bonchev–Trinajstić information content (AvgIpc) is 2.03. The molecule has 0 heterocycles. The molecule has 1 aromatic rings. The molecule has 0 N–H and O–H groups in total. The fourth-order valence-electron chi connectivity index (χ4n) is 0.704. The largest absolute Gasteiger partial charge is 0.314 e. The molecule has 1 rings (SSSR count). The van der Waals surface area contributed by atoms with Crippen molar-refractivity contribution in [3.8, 4) is 0 Å². The molecule has 0 radical (unpaired) electrons. The first-order chi connectivity index (χ1) is 5.29. The lowest BCUT2D eigenvalue weighted by molar-refractivity contribution is 1.43. The van der Waals surface area contributed by atoms with Gasteiger partial charge in [-0.3, -0.25) is 0 Å². The van der Waals surface area contributed by atoms with Crippen LogP contribution in [0.4, 0.5) is 0 Å². The van der Waals surface area contributed by atoms with Crippen LogP contribution >= 0.6 is 28.7 Å². The van der Waals surface area contributed by atoms with Crippen LogP contribution in [0.2, 0.25) is 0 Å². The van der Waals surface area contributed by atoms with Crippen molar-refractivity contribution in [3.05, 3.63) is 35.9 Å². The van der Waals surface area contributed by atoms with Crippen molar-refractivity contribution in [2.24, 2.45) is 0 Å². The van der Waals surface area contributed by atoms with Crippen LogP contribution in [0.5, 0.6) is 0 Å². The molecule has 0 spiro atoms. The number of thiol groups is 1. The van der Waals surface area contributed by atoms with Gasteiger partial charge < -0.3 is 0 Å². The van der Waals surface area contributed by atoms with E-state index < -0.39 is 5.10 Å². The van der Waals surface area contributed by atoms with Gasteiger partial charge in [-0.1, -0.05) is 30.3 Å². The van der Waals surface area contributed by atoms with Crippen LogP contribution in [0, 0.1) is 0 Å². The van der Waals surface area contributed by atoms with Crippen molar-refractivity contribution in [2.75, 3.05) is 0 Å². The number of hydrogen-bond acceptors (Lipinski definition) is 2. The van der Waals surface area contributed by atoms with Gasteiger partial charge in [0.15, 0.2) is 11.8 Å². The summed E-state index contributed by atoms with van der Waals surface area (Å²) in [5.41, 5.74) is 1.32. The van der Waals surface area contributed by atoms with Crippen molar-refractivity contribution >= 4 is 40.5 Å². The van der Waals surface area contributed by atoms with Crippen LogP contribution in [-0.4, -0.2) is 0 Å². The van der Waals surface area contributed by atoms with Crippen LogP contribution in [0.1, 0.15) is 5.56 Å². The smallest absolute Gasteiger partial charge is 0.0622 e. The summed E-state index contributed by atoms with van der Waals surface area (Å²) in [5, 5.41) is -0.530. The van der Waals surface area contributed by atoms with Crippen molar-refractivity contribution in [1.82, 2.24) is 0 Å². The van der Waals surface area contributed by atoms with Gasteiger partial charge in [0.05, 0.1) is 18.0 Å². The van der Waals surface area contributed by atoms with Gasteiger partial charge in [0.25, 0.3) is 0 Å². The number of benzene rings is 1. The summed E-state index contributed by atoms with van der Waals surface area (Å²) in [6.07, 6.45) is 0. The minimum absolute atomic E-state index is 0.530. The molecule has 11 heavy (non-hydrogen) atoms. The van der Waals surface area contributed by atoms with Gasteiger partial charge in [-0.2, -0.15) is 0 Å². The molecule has 0 nitrogen and oxygen atoms in total. The molecule has 0 bridgehead atoms. The monoisotopic (exact) mass is 219 g/mol. The second-order valence-electron chi connectivity index (χ2n) is 2.00. The zero-order valence-corrected chi connectivity index (χ0v) is 9.23. The lowest BCUT2D eigenvalue weighted by Crippen LogP contribution is -1.74. The Kier molecular flexibility index (Phi) is 4.46. The first-order valence-electron chi connectivity index (χ1n) is 3.12. The first-order valence-corrected chi connectivity index (χ1v) is 8.22. The molecule has 1 aromatic carbocycles. The summed E-state index contributed by atoms with van der Waals surface area (Å²) >= 11 is 10.9. The van der Waals surface area contributed by atoms with Crippen molar-refractivity contribution in [1.29, 1.82) is 0 Å². The lowest BCUT2D eigenvalue weighted by atomic mass is 10.2. The molecule has 58 valence electrons. The highest BCUT2D eigenvalue weighted by Gasteiger charge is 2.04. The van der Waals surface area contributed by atoms with Crippen LogP contribution in [-0.2, 0) is 17.6 Å². The van der Waals surface area contributed by atoms with E-state index in [0.717, 1.165) is 5.75 Å². The maximum Gasteiger partial charge on any atom is 0.314 e. The van der Waals surface area contributed by atoms with Crippen LogP contribution < -0.4 is 0 Å². The van der Waals surface area contributed by atoms with Gasteiger partial charge in [0.2, 0.25) is 0 Å². The standard InChI is InChI=1S/C7H7PS3/c9-8(10)11-6-7-4-2-1-3-5-7/h1-5H,6H2/p+1. The highest BCUT2D eigenvalue weighted by Crippen LogP contribution is 2.43. The molecule has 0 saturated heterocycles. The molecule has 0 aromatic heterocycles. The topological polar surface area (TPSA) is 0 Å². The molecule has 0 fully saturated rings. The third kappa shape index (κ3) is 4.12. The van der Waals surface area contributed by atoms with Crippen molar-refractivity contribution in [3.63, 3.8) is 0 Å². The number of hydrogen-bond donors (Lipinski definition) is 1. The Balaban J connectivity index is 2.45. The van der Waals surface area contributed by atoms with Gasteiger partial charge in [0, 0.05) is 0 Å². The summed E-state index contributed by atoms with van der Waals surface area (Å²) in [6.45, 7) is 0. The van der Waals surface area contributed by atoms with Crippen molar-refractivity contribution < 1.29 is 0 Å². The van der Waals surface area contributed by atoms with Gasteiger partial charge in [-0.25, -0.2) is 0 Å². The van der Waals surface area contributed by atoms with E-state index in [2.05, 4.69) is 24.4 Å². The highest BCUT2D eigenvalue weighted by molar-refractivity contribution is 8.89. The maximum absolute atomic E-state index is 4.97. The Labute approximate surface area is 82.1 Å². The van der Waals surface area contributed by atoms with E-state index in [1.165, 1.54) is 5.56 Å². The second-order valence-corrected chi connectivity index (χ2v) is 9.50. The quantitative estimate of drug-likeness (QED) is 0.609. The average molecular weight is 219 g/mol. The van der Waals surface area contributed by atoms with Crippen molar-refractivity contribution in [2.45, 2.75) is 5.75 Å². The zero-order chi connectivity index (χ0) is 8.10. The molecule has 1 unspecified atom stereocenters. The summed E-state index contributed by atoms with van der Waals surface area (Å²) in [6, 6.07) is 10.3. The lowest BCUT2D eigenvalue weighted by Gasteiger charge is -1.91. The SMILES string of the molecule is S=[P+](S)SCc1ccccc1. The minimum Gasteiger partial charge on any atom is -0.0622 e. The summed E-state index contributed by atoms with van der Waals surface area (Å²) in [7, 11) is 0. The Hall–Kier alpha value is 0.440.